The van der Waals surface area contributed by atoms with Gasteiger partial charge in [-0.2, -0.15) is 13.2 Å². The Hall–Kier alpha value is -2.50. The number of hydrogen-bond acceptors (Lipinski definition) is 2. The summed E-state index contributed by atoms with van der Waals surface area (Å²) in [5.74, 6) is -0.175. The van der Waals surface area contributed by atoms with Gasteiger partial charge >= 0.3 is 6.18 Å². The fraction of sp³-hybridized carbons (Fsp3) is 0.350. The molecule has 1 atom stereocenters. The Morgan fingerprint density at radius 3 is 2.12 bits per heavy atom. The lowest BCUT2D eigenvalue weighted by Crippen LogP contribution is -2.31. The van der Waals surface area contributed by atoms with Crippen molar-refractivity contribution in [1.82, 2.24) is 0 Å². The van der Waals surface area contributed by atoms with Gasteiger partial charge in [0.05, 0.1) is 11.3 Å². The number of para-hydroxylation sites is 1. The lowest BCUT2D eigenvalue weighted by atomic mass is 9.87. The summed E-state index contributed by atoms with van der Waals surface area (Å²) in [5, 5.41) is 2.29. The molecule has 26 heavy (non-hydrogen) atoms. The first-order valence-electron chi connectivity index (χ1n) is 8.23. The molecule has 0 aromatic heterocycles. The van der Waals surface area contributed by atoms with Gasteiger partial charge in [-0.05, 0) is 42.2 Å². The quantitative estimate of drug-likeness (QED) is 0.787. The highest BCUT2D eigenvalue weighted by Gasteiger charge is 2.34. The average molecular weight is 365 g/mol. The van der Waals surface area contributed by atoms with Crippen LogP contribution < -0.4 is 10.1 Å². The number of hydrogen-bond donors (Lipinski definition) is 1. The highest BCUT2D eigenvalue weighted by molar-refractivity contribution is 5.94. The highest BCUT2D eigenvalue weighted by Crippen LogP contribution is 2.34. The van der Waals surface area contributed by atoms with E-state index in [2.05, 4.69) is 26.1 Å². The third-order valence-electron chi connectivity index (χ3n) is 3.89. The Balaban J connectivity index is 2.07. The smallest absolute Gasteiger partial charge is 0.418 e. The summed E-state index contributed by atoms with van der Waals surface area (Å²) in [5.41, 5.74) is -0.0808. The molecule has 2 aromatic rings. The van der Waals surface area contributed by atoms with Gasteiger partial charge in [-0.15, -0.1) is 0 Å². The van der Waals surface area contributed by atoms with Crippen molar-refractivity contribution in [3.05, 3.63) is 59.7 Å². The number of alkyl halides is 3. The van der Waals surface area contributed by atoms with E-state index < -0.39 is 23.8 Å². The fourth-order valence-electron chi connectivity index (χ4n) is 2.36. The summed E-state index contributed by atoms with van der Waals surface area (Å²) in [6, 6.07) is 12.1. The van der Waals surface area contributed by atoms with E-state index in [-0.39, 0.29) is 11.1 Å². The Labute approximate surface area is 151 Å². The molecule has 0 fully saturated rings. The zero-order valence-corrected chi connectivity index (χ0v) is 15.1. The molecule has 0 saturated heterocycles. The van der Waals surface area contributed by atoms with Gasteiger partial charge in [0.15, 0.2) is 6.10 Å². The molecule has 2 aromatic carbocycles. The fourth-order valence-corrected chi connectivity index (χ4v) is 2.36. The van der Waals surface area contributed by atoms with Crippen molar-refractivity contribution in [2.45, 2.75) is 45.4 Å². The van der Waals surface area contributed by atoms with Gasteiger partial charge in [0.2, 0.25) is 0 Å². The van der Waals surface area contributed by atoms with Crippen molar-refractivity contribution in [3.63, 3.8) is 0 Å². The van der Waals surface area contributed by atoms with Crippen LogP contribution in [0.4, 0.5) is 18.9 Å². The Morgan fingerprint density at radius 1 is 1.00 bits per heavy atom. The molecule has 3 nitrogen and oxygen atoms in total. The lowest BCUT2D eigenvalue weighted by molar-refractivity contribution is -0.137. The molecular weight excluding hydrogens is 343 g/mol. The Bertz CT molecular complexity index is 762. The number of nitrogens with one attached hydrogen (secondary N) is 1. The maximum Gasteiger partial charge on any atom is 0.418 e. The first-order valence-corrected chi connectivity index (χ1v) is 8.23. The van der Waals surface area contributed by atoms with E-state index in [1.165, 1.54) is 25.1 Å². The predicted molar refractivity (Wildman–Crippen MR) is 95.3 cm³/mol. The van der Waals surface area contributed by atoms with Crippen LogP contribution in [0.25, 0.3) is 0 Å². The molecule has 140 valence electrons. The monoisotopic (exact) mass is 365 g/mol. The van der Waals surface area contributed by atoms with E-state index in [0.717, 1.165) is 11.6 Å². The molecule has 6 heteroatoms. The molecular formula is C20H22F3NO2. The van der Waals surface area contributed by atoms with Crippen LogP contribution in [0.15, 0.2) is 48.5 Å². The van der Waals surface area contributed by atoms with Crippen LogP contribution in [0.3, 0.4) is 0 Å². The van der Waals surface area contributed by atoms with Gasteiger partial charge in [-0.1, -0.05) is 45.0 Å². The summed E-state index contributed by atoms with van der Waals surface area (Å²) < 4.78 is 44.5. The maximum absolute atomic E-state index is 13.0. The number of rotatable bonds is 4. The summed E-state index contributed by atoms with van der Waals surface area (Å²) in [4.78, 5) is 12.2. The Morgan fingerprint density at radius 2 is 1.58 bits per heavy atom. The normalized spacial score (nSPS) is 13.2. The molecule has 0 aliphatic rings. The molecule has 0 aliphatic carbocycles. The second kappa shape index (κ2) is 7.40. The minimum atomic E-state index is -4.54. The SMILES string of the molecule is C[C@@H](Oc1ccc(C(C)(C)C)cc1)C(=O)Nc1ccccc1C(F)(F)F. The van der Waals surface area contributed by atoms with Gasteiger partial charge in [0.1, 0.15) is 5.75 Å². The number of ether oxygens (including phenoxy) is 1. The summed E-state index contributed by atoms with van der Waals surface area (Å²) in [6.45, 7) is 7.73. The van der Waals surface area contributed by atoms with Gasteiger partial charge in [0, 0.05) is 0 Å². The van der Waals surface area contributed by atoms with Gasteiger partial charge in [0.25, 0.3) is 5.91 Å². The summed E-state index contributed by atoms with van der Waals surface area (Å²) in [6.07, 6.45) is -5.49. The van der Waals surface area contributed by atoms with Crippen LogP contribution in [0.2, 0.25) is 0 Å². The van der Waals surface area contributed by atoms with Crippen molar-refractivity contribution in [1.29, 1.82) is 0 Å². The topological polar surface area (TPSA) is 38.3 Å². The number of anilines is 1. The van der Waals surface area contributed by atoms with Gasteiger partial charge in [-0.3, -0.25) is 4.79 Å². The first-order chi connectivity index (χ1) is 12.0. The molecule has 0 unspecified atom stereocenters. The van der Waals surface area contributed by atoms with Crippen molar-refractivity contribution in [2.75, 3.05) is 5.32 Å². The van der Waals surface area contributed by atoms with Crippen molar-refractivity contribution in [3.8, 4) is 5.75 Å². The first kappa shape index (κ1) is 19.8. The minimum absolute atomic E-state index is 0.0111. The van der Waals surface area contributed by atoms with Crippen LogP contribution in [0, 0.1) is 0 Å². The number of halogens is 3. The maximum atomic E-state index is 13.0. The van der Waals surface area contributed by atoms with Crippen molar-refractivity contribution in [2.24, 2.45) is 0 Å². The predicted octanol–water partition coefficient (Wildman–Crippen LogP) is 5.41. The summed E-state index contributed by atoms with van der Waals surface area (Å²) in [7, 11) is 0. The lowest BCUT2D eigenvalue weighted by Gasteiger charge is -2.20. The molecule has 0 heterocycles. The molecule has 0 radical (unpaired) electrons. The molecule has 2 rings (SSSR count). The second-order valence-electron chi connectivity index (χ2n) is 7.07. The van der Waals surface area contributed by atoms with E-state index >= 15 is 0 Å². The molecule has 0 saturated carbocycles. The third kappa shape index (κ3) is 5.00. The standard InChI is InChI=1S/C20H22F3NO2/c1-13(26-15-11-9-14(10-12-15)19(2,3)4)18(25)24-17-8-6-5-7-16(17)20(21,22)23/h5-13H,1-4H3,(H,24,25)/t13-/m1/s1. The number of carbonyl (C=O) groups is 1. The Kier molecular flexibility index (Phi) is 5.64. The van der Waals surface area contributed by atoms with Crippen LogP contribution in [-0.4, -0.2) is 12.0 Å². The van der Waals surface area contributed by atoms with Crippen molar-refractivity contribution >= 4 is 11.6 Å². The number of benzene rings is 2. The number of carbonyl (C=O) groups excluding carboxylic acids is 1. The molecule has 0 aliphatic heterocycles. The second-order valence-corrected chi connectivity index (χ2v) is 7.07. The molecule has 0 bridgehead atoms. The zero-order valence-electron chi connectivity index (χ0n) is 15.1. The van der Waals surface area contributed by atoms with Gasteiger partial charge in [-0.25, -0.2) is 0 Å². The van der Waals surface area contributed by atoms with E-state index in [9.17, 15) is 18.0 Å². The van der Waals surface area contributed by atoms with E-state index in [1.807, 2.05) is 12.1 Å². The molecule has 1 amide bonds. The largest absolute Gasteiger partial charge is 0.481 e. The number of amides is 1. The highest BCUT2D eigenvalue weighted by atomic mass is 19.4. The van der Waals surface area contributed by atoms with Crippen LogP contribution >= 0.6 is 0 Å². The third-order valence-corrected chi connectivity index (χ3v) is 3.89. The van der Waals surface area contributed by atoms with Gasteiger partial charge < -0.3 is 10.1 Å². The van der Waals surface area contributed by atoms with Crippen molar-refractivity contribution < 1.29 is 22.7 Å². The molecule has 1 N–H and O–H groups in total. The molecule has 0 spiro atoms. The van der Waals surface area contributed by atoms with Crippen LogP contribution in [0.1, 0.15) is 38.8 Å². The minimum Gasteiger partial charge on any atom is -0.481 e. The van der Waals surface area contributed by atoms with E-state index in [0.29, 0.717) is 5.75 Å². The van der Waals surface area contributed by atoms with E-state index in [1.54, 1.807) is 12.1 Å². The average Bonchev–Trinajstić information content (AvgIpc) is 2.54. The van der Waals surface area contributed by atoms with Crippen LogP contribution in [0.5, 0.6) is 5.75 Å². The van der Waals surface area contributed by atoms with E-state index in [4.69, 9.17) is 4.74 Å². The zero-order chi connectivity index (χ0) is 19.5. The van der Waals surface area contributed by atoms with Crippen LogP contribution in [-0.2, 0) is 16.4 Å². The summed E-state index contributed by atoms with van der Waals surface area (Å²) >= 11 is 0.